The molecule has 10 heteroatoms. The molecule has 1 aromatic heterocycles. The van der Waals surface area contributed by atoms with E-state index in [-0.39, 0.29) is 30.5 Å². The van der Waals surface area contributed by atoms with Crippen molar-refractivity contribution in [3.8, 4) is 23.6 Å². The first-order valence-electron chi connectivity index (χ1n) is 10.7. The summed E-state index contributed by atoms with van der Waals surface area (Å²) in [5.41, 5.74) is 2.27. The fourth-order valence-corrected chi connectivity index (χ4v) is 4.35. The van der Waals surface area contributed by atoms with Crippen molar-refractivity contribution < 1.29 is 28.6 Å². The minimum atomic E-state index is -4.12. The molecule has 2 N–H and O–H groups in total. The minimum absolute atomic E-state index is 0.0735. The van der Waals surface area contributed by atoms with E-state index >= 15 is 0 Å². The highest BCUT2D eigenvalue weighted by Crippen LogP contribution is 2.36. The Morgan fingerprint density at radius 3 is 2.51 bits per heavy atom. The number of ether oxygens (including phenoxy) is 2. The Kier molecular flexibility index (Phi) is 8.11. The summed E-state index contributed by atoms with van der Waals surface area (Å²) in [7, 11) is -1.11. The molecule has 2 aromatic carbocycles. The smallest absolute Gasteiger partial charge is 0.325 e. The van der Waals surface area contributed by atoms with Crippen LogP contribution in [-0.4, -0.2) is 40.6 Å². The van der Waals surface area contributed by atoms with Crippen molar-refractivity contribution in [2.24, 2.45) is 0 Å². The molecule has 35 heavy (non-hydrogen) atoms. The van der Waals surface area contributed by atoms with Gasteiger partial charge in [-0.3, -0.25) is 13.9 Å². The number of unbranched alkanes of at least 4 members (excludes halogenated alkanes) is 1. The van der Waals surface area contributed by atoms with Gasteiger partial charge in [-0.05, 0) is 49.2 Å². The normalized spacial score (nSPS) is 11.7. The molecule has 0 amide bonds. The van der Waals surface area contributed by atoms with E-state index in [9.17, 15) is 19.9 Å². The third-order valence-electron chi connectivity index (χ3n) is 5.44. The monoisotopic (exact) mass is 493 g/mol. The molecule has 0 bridgehead atoms. The molecule has 0 spiro atoms. The number of aromatic nitrogens is 1. The average molecular weight is 493 g/mol. The first kappa shape index (κ1) is 25.7. The van der Waals surface area contributed by atoms with Crippen LogP contribution in [0.3, 0.4) is 0 Å². The quantitative estimate of drug-likeness (QED) is 0.250. The molecule has 0 radical (unpaired) electrons. The lowest BCUT2D eigenvalue weighted by atomic mass is 10.0. The fraction of sp³-hybridized carbons (Fsp3) is 0.240. The van der Waals surface area contributed by atoms with Crippen LogP contribution in [-0.2, 0) is 4.57 Å². The molecule has 9 nitrogen and oxygen atoms in total. The molecule has 1 heterocycles. The maximum Gasteiger partial charge on any atom is 0.325 e. The van der Waals surface area contributed by atoms with E-state index in [0.29, 0.717) is 45.5 Å². The van der Waals surface area contributed by atoms with Crippen LogP contribution >= 0.6 is 7.60 Å². The molecule has 0 atom stereocenters. The molecule has 3 rings (SSSR count). The number of fused-ring (bicyclic) bond motifs is 1. The van der Waals surface area contributed by atoms with E-state index < -0.39 is 7.60 Å². The van der Waals surface area contributed by atoms with E-state index in [1.165, 1.54) is 18.8 Å². The molecular weight excluding hydrogens is 469 g/mol. The Labute approximate surface area is 202 Å². The molecule has 0 unspecified atom stereocenters. The van der Waals surface area contributed by atoms with E-state index in [2.05, 4.69) is 12.1 Å². The van der Waals surface area contributed by atoms with Gasteiger partial charge in [-0.15, -0.1) is 0 Å². The van der Waals surface area contributed by atoms with E-state index in [0.717, 1.165) is 0 Å². The Morgan fingerprint density at radius 2 is 1.89 bits per heavy atom. The summed E-state index contributed by atoms with van der Waals surface area (Å²) in [6.07, 6.45) is 3.49. The zero-order chi connectivity index (χ0) is 25.6. The Hall–Kier alpha value is -3.88. The van der Waals surface area contributed by atoms with Crippen LogP contribution < -0.4 is 9.47 Å². The number of methoxy groups -OCH3 is 2. The number of hydrogen-bond acceptors (Lipinski definition) is 6. The summed E-state index contributed by atoms with van der Waals surface area (Å²) in [6, 6.07) is 14.3. The highest BCUT2D eigenvalue weighted by atomic mass is 31.2. The highest BCUT2D eigenvalue weighted by molar-refractivity contribution is 7.51. The predicted octanol–water partition coefficient (Wildman–Crippen LogP) is 4.58. The molecule has 0 aliphatic heterocycles. The van der Waals surface area contributed by atoms with Crippen molar-refractivity contribution in [3.63, 3.8) is 0 Å². The number of nitriles is 2. The van der Waals surface area contributed by atoms with Crippen LogP contribution in [0.15, 0.2) is 42.6 Å². The van der Waals surface area contributed by atoms with Crippen LogP contribution in [0, 0.1) is 22.7 Å². The van der Waals surface area contributed by atoms with Gasteiger partial charge in [-0.2, -0.15) is 10.5 Å². The first-order valence-corrected chi connectivity index (χ1v) is 12.5. The topological polar surface area (TPSA) is 146 Å². The second kappa shape index (κ2) is 11.0. The van der Waals surface area contributed by atoms with Gasteiger partial charge in [-0.25, -0.2) is 0 Å². The van der Waals surface area contributed by atoms with Gasteiger partial charge in [0, 0.05) is 41.4 Å². The van der Waals surface area contributed by atoms with Crippen LogP contribution in [0.5, 0.6) is 11.5 Å². The predicted molar refractivity (Wildman–Crippen MR) is 131 cm³/mol. The van der Waals surface area contributed by atoms with Gasteiger partial charge in [0.1, 0.15) is 11.5 Å². The third kappa shape index (κ3) is 6.17. The first-order chi connectivity index (χ1) is 16.7. The summed E-state index contributed by atoms with van der Waals surface area (Å²) >= 11 is 0. The molecule has 0 saturated carbocycles. The number of rotatable bonds is 9. The second-order valence-corrected chi connectivity index (χ2v) is 9.55. The number of allylic oxidation sites excluding steroid dienone is 1. The van der Waals surface area contributed by atoms with Gasteiger partial charge >= 0.3 is 7.60 Å². The standard InChI is InChI=1S/C25H24N3O6P/c1-33-20-7-8-21-22(19(15-27)12-18-11-17(14-26)6-9-24(18)34-2)16-28(23(21)13-20)25(29)5-3-4-10-35(30,31)32/h6-9,11-13,16H,3-5,10H2,1-2H3,(H2,30,31,32)/b19-12+. The molecule has 180 valence electrons. The van der Waals surface area contributed by atoms with Gasteiger partial charge < -0.3 is 19.3 Å². The largest absolute Gasteiger partial charge is 0.497 e. The lowest BCUT2D eigenvalue weighted by Crippen LogP contribution is -2.09. The Morgan fingerprint density at radius 1 is 1.11 bits per heavy atom. The van der Waals surface area contributed by atoms with Crippen LogP contribution in [0.2, 0.25) is 0 Å². The van der Waals surface area contributed by atoms with Crippen molar-refractivity contribution in [1.82, 2.24) is 4.57 Å². The number of carbonyl (C=O) groups is 1. The van der Waals surface area contributed by atoms with Crippen LogP contribution in [0.4, 0.5) is 0 Å². The average Bonchev–Trinajstić information content (AvgIpc) is 3.22. The number of nitrogens with zero attached hydrogens (tertiary/aromatic N) is 3. The molecule has 0 fully saturated rings. The van der Waals surface area contributed by atoms with Gasteiger partial charge in [0.25, 0.3) is 0 Å². The maximum atomic E-state index is 13.0. The Bertz CT molecular complexity index is 1420. The third-order valence-corrected chi connectivity index (χ3v) is 6.34. The van der Waals surface area contributed by atoms with Gasteiger partial charge in [0.05, 0.1) is 43.0 Å². The molecule has 0 aliphatic carbocycles. The summed E-state index contributed by atoms with van der Waals surface area (Å²) in [5, 5.41) is 19.9. The van der Waals surface area contributed by atoms with E-state index in [1.807, 2.05) is 0 Å². The van der Waals surface area contributed by atoms with Gasteiger partial charge in [-0.1, -0.05) is 0 Å². The zero-order valence-electron chi connectivity index (χ0n) is 19.3. The van der Waals surface area contributed by atoms with E-state index in [1.54, 1.807) is 48.7 Å². The maximum absolute atomic E-state index is 13.0. The molecular formula is C25H24N3O6P. The van der Waals surface area contributed by atoms with Crippen molar-refractivity contribution in [3.05, 3.63) is 59.3 Å². The van der Waals surface area contributed by atoms with Crippen molar-refractivity contribution in [2.45, 2.75) is 19.3 Å². The summed E-state index contributed by atoms with van der Waals surface area (Å²) < 4.78 is 23.2. The van der Waals surface area contributed by atoms with E-state index in [4.69, 9.17) is 19.3 Å². The van der Waals surface area contributed by atoms with Gasteiger partial charge in [0.15, 0.2) is 0 Å². The summed E-state index contributed by atoms with van der Waals surface area (Å²) in [6.45, 7) is 0. The van der Waals surface area contributed by atoms with Crippen molar-refractivity contribution in [1.29, 1.82) is 10.5 Å². The van der Waals surface area contributed by atoms with Crippen LogP contribution in [0.25, 0.3) is 22.6 Å². The molecule has 3 aromatic rings. The van der Waals surface area contributed by atoms with Crippen LogP contribution in [0.1, 0.15) is 40.7 Å². The number of carbonyl (C=O) groups excluding carboxylic acids is 1. The minimum Gasteiger partial charge on any atom is -0.497 e. The molecule has 0 saturated heterocycles. The van der Waals surface area contributed by atoms with Crippen molar-refractivity contribution >= 4 is 36.1 Å². The Balaban J connectivity index is 2.06. The highest BCUT2D eigenvalue weighted by Gasteiger charge is 2.19. The second-order valence-electron chi connectivity index (χ2n) is 7.77. The number of benzene rings is 2. The molecule has 0 aliphatic rings. The lowest BCUT2D eigenvalue weighted by Gasteiger charge is -2.06. The van der Waals surface area contributed by atoms with Crippen molar-refractivity contribution in [2.75, 3.05) is 20.4 Å². The summed E-state index contributed by atoms with van der Waals surface area (Å²) in [5.74, 6) is 0.744. The van der Waals surface area contributed by atoms with Gasteiger partial charge in [0.2, 0.25) is 5.91 Å². The fourth-order valence-electron chi connectivity index (χ4n) is 3.71. The number of hydrogen-bond donors (Lipinski definition) is 2. The lowest BCUT2D eigenvalue weighted by molar-refractivity contribution is 0.0904. The SMILES string of the molecule is COc1ccc2c(/C(C#N)=C/c3cc(C#N)ccc3OC)cn(C(=O)CCCCP(=O)(O)O)c2c1. The summed E-state index contributed by atoms with van der Waals surface area (Å²) in [4.78, 5) is 31.1. The zero-order valence-corrected chi connectivity index (χ0v) is 20.2.